The van der Waals surface area contributed by atoms with Crippen LogP contribution in [0.3, 0.4) is 0 Å². The maximum Gasteiger partial charge on any atom is 0.228 e. The Hall–Kier alpha value is -2.50. The maximum atomic E-state index is 13.6. The Balaban J connectivity index is 1.53. The van der Waals surface area contributed by atoms with E-state index < -0.39 is 0 Å². The summed E-state index contributed by atoms with van der Waals surface area (Å²) in [7, 11) is 0. The van der Waals surface area contributed by atoms with Crippen molar-refractivity contribution in [2.75, 3.05) is 10.6 Å². The summed E-state index contributed by atoms with van der Waals surface area (Å²) in [4.78, 5) is 12.2. The van der Waals surface area contributed by atoms with Gasteiger partial charge in [-0.05, 0) is 31.0 Å². The lowest BCUT2D eigenvalue weighted by Crippen LogP contribution is -2.25. The Labute approximate surface area is 140 Å². The molecular weight excluding hydrogens is 307 g/mol. The number of aromatic nitrogens is 2. The summed E-state index contributed by atoms with van der Waals surface area (Å²) in [6, 6.07) is 10.0. The van der Waals surface area contributed by atoms with Crippen molar-refractivity contribution in [2.24, 2.45) is 5.92 Å². The number of hydrogen-bond acceptors (Lipinski definition) is 4. The molecule has 1 saturated carbocycles. The van der Waals surface area contributed by atoms with Gasteiger partial charge in [-0.3, -0.25) is 4.79 Å². The number of anilines is 2. The van der Waals surface area contributed by atoms with Gasteiger partial charge in [0.1, 0.15) is 11.6 Å². The first-order chi connectivity index (χ1) is 11.7. The van der Waals surface area contributed by atoms with E-state index in [-0.39, 0.29) is 17.6 Å². The zero-order valence-corrected chi connectivity index (χ0v) is 13.5. The van der Waals surface area contributed by atoms with Gasteiger partial charge in [0.25, 0.3) is 0 Å². The van der Waals surface area contributed by atoms with Crippen LogP contribution in [0.1, 0.15) is 37.7 Å². The number of nitrogens with one attached hydrogen (secondary N) is 2. The Bertz CT molecular complexity index is 684. The molecule has 0 aliphatic heterocycles. The number of amides is 1. The highest BCUT2D eigenvalue weighted by Crippen LogP contribution is 2.24. The number of halogens is 1. The minimum absolute atomic E-state index is 0.0241. The number of nitrogens with zero attached hydrogens (tertiary/aromatic N) is 2. The van der Waals surface area contributed by atoms with Crippen molar-refractivity contribution in [1.82, 2.24) is 10.2 Å². The fourth-order valence-electron chi connectivity index (χ4n) is 2.91. The summed E-state index contributed by atoms with van der Waals surface area (Å²) in [5.41, 5.74) is 0.564. The normalized spacial score (nSPS) is 15.0. The average molecular weight is 328 g/mol. The predicted molar refractivity (Wildman–Crippen MR) is 91.0 cm³/mol. The third-order valence-corrected chi connectivity index (χ3v) is 4.31. The van der Waals surface area contributed by atoms with Gasteiger partial charge >= 0.3 is 0 Å². The van der Waals surface area contributed by atoms with Gasteiger partial charge in [0, 0.05) is 18.0 Å². The largest absolute Gasteiger partial charge is 0.364 e. The van der Waals surface area contributed by atoms with Gasteiger partial charge in [-0.15, -0.1) is 10.2 Å². The second-order valence-corrected chi connectivity index (χ2v) is 6.07. The average Bonchev–Trinajstić information content (AvgIpc) is 2.63. The smallest absolute Gasteiger partial charge is 0.228 e. The molecule has 1 aromatic carbocycles. The molecule has 0 radical (unpaired) electrons. The lowest BCUT2D eigenvalue weighted by molar-refractivity contribution is -0.120. The van der Waals surface area contributed by atoms with Crippen LogP contribution in [-0.4, -0.2) is 16.1 Å². The molecule has 2 aromatic rings. The summed E-state index contributed by atoms with van der Waals surface area (Å²) in [5, 5.41) is 13.9. The molecule has 1 heterocycles. The molecule has 24 heavy (non-hydrogen) atoms. The van der Waals surface area contributed by atoms with Gasteiger partial charge in [-0.1, -0.05) is 37.5 Å². The van der Waals surface area contributed by atoms with E-state index in [2.05, 4.69) is 20.8 Å². The van der Waals surface area contributed by atoms with Crippen LogP contribution in [0.5, 0.6) is 0 Å². The molecule has 1 aliphatic rings. The van der Waals surface area contributed by atoms with E-state index in [0.29, 0.717) is 23.7 Å². The van der Waals surface area contributed by atoms with Crippen LogP contribution in [0.4, 0.5) is 16.0 Å². The first-order valence-corrected chi connectivity index (χ1v) is 8.34. The summed E-state index contributed by atoms with van der Waals surface area (Å²) >= 11 is 0. The van der Waals surface area contributed by atoms with Crippen molar-refractivity contribution < 1.29 is 9.18 Å². The van der Waals surface area contributed by atoms with E-state index >= 15 is 0 Å². The highest BCUT2D eigenvalue weighted by molar-refractivity contribution is 5.91. The van der Waals surface area contributed by atoms with Crippen LogP contribution in [0, 0.1) is 11.7 Å². The third-order valence-electron chi connectivity index (χ3n) is 4.31. The monoisotopic (exact) mass is 328 g/mol. The molecule has 1 aromatic heterocycles. The molecule has 3 rings (SSSR count). The van der Waals surface area contributed by atoms with Gasteiger partial charge in [0.2, 0.25) is 5.91 Å². The van der Waals surface area contributed by atoms with Crippen molar-refractivity contribution >= 4 is 17.5 Å². The Morgan fingerprint density at radius 1 is 1.04 bits per heavy atom. The number of hydrogen-bond donors (Lipinski definition) is 2. The molecule has 0 atom stereocenters. The molecule has 0 bridgehead atoms. The predicted octanol–water partition coefficient (Wildman–Crippen LogP) is 3.75. The lowest BCUT2D eigenvalue weighted by Gasteiger charge is -2.20. The summed E-state index contributed by atoms with van der Waals surface area (Å²) < 4.78 is 13.6. The van der Waals surface area contributed by atoms with E-state index in [0.717, 1.165) is 25.7 Å². The highest BCUT2D eigenvalue weighted by Gasteiger charge is 2.21. The molecule has 0 unspecified atom stereocenters. The third kappa shape index (κ3) is 4.28. The van der Waals surface area contributed by atoms with Crippen molar-refractivity contribution in [3.8, 4) is 0 Å². The SMILES string of the molecule is O=C(Nc1ccc(NCc2ccccc2F)nn1)C1CCCCC1. The summed E-state index contributed by atoms with van der Waals surface area (Å²) in [5.74, 6) is 0.834. The van der Waals surface area contributed by atoms with Gasteiger partial charge in [0.05, 0.1) is 0 Å². The molecule has 6 heteroatoms. The molecule has 1 fully saturated rings. The molecule has 1 aliphatic carbocycles. The van der Waals surface area contributed by atoms with E-state index in [1.165, 1.54) is 12.5 Å². The number of benzene rings is 1. The first-order valence-electron chi connectivity index (χ1n) is 8.34. The second kappa shape index (κ2) is 7.86. The topological polar surface area (TPSA) is 66.9 Å². The zero-order chi connectivity index (χ0) is 16.8. The van der Waals surface area contributed by atoms with Crippen LogP contribution < -0.4 is 10.6 Å². The Morgan fingerprint density at radius 2 is 1.75 bits per heavy atom. The van der Waals surface area contributed by atoms with Gasteiger partial charge in [0.15, 0.2) is 5.82 Å². The molecule has 5 nitrogen and oxygen atoms in total. The Kier molecular flexibility index (Phi) is 5.36. The van der Waals surface area contributed by atoms with E-state index in [9.17, 15) is 9.18 Å². The highest BCUT2D eigenvalue weighted by atomic mass is 19.1. The van der Waals surface area contributed by atoms with Crippen molar-refractivity contribution in [3.63, 3.8) is 0 Å². The van der Waals surface area contributed by atoms with Crippen LogP contribution in [0.2, 0.25) is 0 Å². The molecule has 126 valence electrons. The molecule has 2 N–H and O–H groups in total. The Morgan fingerprint density at radius 3 is 2.46 bits per heavy atom. The van der Waals surface area contributed by atoms with Crippen molar-refractivity contribution in [3.05, 3.63) is 47.8 Å². The standard InChI is InChI=1S/C18H21FN4O/c19-15-9-5-4-8-14(15)12-20-16-10-11-17(23-22-16)21-18(24)13-6-2-1-3-7-13/h4-5,8-11,13H,1-3,6-7,12H2,(H,20,22)(H,21,23,24). The lowest BCUT2D eigenvalue weighted by atomic mass is 9.89. The van der Waals surface area contributed by atoms with Crippen LogP contribution in [-0.2, 0) is 11.3 Å². The number of carbonyl (C=O) groups excluding carboxylic acids is 1. The quantitative estimate of drug-likeness (QED) is 0.877. The second-order valence-electron chi connectivity index (χ2n) is 6.07. The molecule has 0 spiro atoms. The zero-order valence-electron chi connectivity index (χ0n) is 13.5. The van der Waals surface area contributed by atoms with E-state index in [1.807, 2.05) is 0 Å². The fourth-order valence-corrected chi connectivity index (χ4v) is 2.91. The van der Waals surface area contributed by atoms with Crippen LogP contribution >= 0.6 is 0 Å². The van der Waals surface area contributed by atoms with Crippen LogP contribution in [0.15, 0.2) is 36.4 Å². The molecule has 0 saturated heterocycles. The maximum absolute atomic E-state index is 13.6. The minimum atomic E-state index is -0.255. The fraction of sp³-hybridized carbons (Fsp3) is 0.389. The van der Waals surface area contributed by atoms with E-state index in [4.69, 9.17) is 0 Å². The minimum Gasteiger partial charge on any atom is -0.364 e. The van der Waals surface area contributed by atoms with Gasteiger partial charge in [-0.2, -0.15) is 0 Å². The van der Waals surface area contributed by atoms with Crippen molar-refractivity contribution in [1.29, 1.82) is 0 Å². The number of carbonyl (C=O) groups is 1. The van der Waals surface area contributed by atoms with Gasteiger partial charge < -0.3 is 10.6 Å². The first kappa shape index (κ1) is 16.4. The number of rotatable bonds is 5. The molecule has 1 amide bonds. The van der Waals surface area contributed by atoms with Crippen LogP contribution in [0.25, 0.3) is 0 Å². The summed E-state index contributed by atoms with van der Waals surface area (Å²) in [6.45, 7) is 0.329. The molecular formula is C18H21FN4O. The van der Waals surface area contributed by atoms with Crippen molar-refractivity contribution in [2.45, 2.75) is 38.6 Å². The van der Waals surface area contributed by atoms with E-state index in [1.54, 1.807) is 30.3 Å². The van der Waals surface area contributed by atoms with Gasteiger partial charge in [-0.25, -0.2) is 4.39 Å². The summed E-state index contributed by atoms with van der Waals surface area (Å²) in [6.07, 6.45) is 5.33.